The van der Waals surface area contributed by atoms with Gasteiger partial charge in [-0.3, -0.25) is 9.59 Å². The van der Waals surface area contributed by atoms with E-state index >= 15 is 0 Å². The predicted molar refractivity (Wildman–Crippen MR) is 82.6 cm³/mol. The lowest BCUT2D eigenvalue weighted by atomic mass is 10.0. The van der Waals surface area contributed by atoms with Gasteiger partial charge in [0.25, 0.3) is 0 Å². The molecule has 1 aliphatic rings. The number of hydrogen-bond acceptors (Lipinski definition) is 2. The molecule has 114 valence electrons. The molecule has 0 bridgehead atoms. The van der Waals surface area contributed by atoms with E-state index in [0.717, 1.165) is 24.8 Å². The summed E-state index contributed by atoms with van der Waals surface area (Å²) in [5.74, 6) is -0.0380. The van der Waals surface area contributed by atoms with Crippen LogP contribution < -0.4 is 5.32 Å². The second-order valence-electron chi connectivity index (χ2n) is 5.69. The van der Waals surface area contributed by atoms with Crippen molar-refractivity contribution >= 4 is 11.8 Å². The van der Waals surface area contributed by atoms with E-state index in [1.54, 1.807) is 7.05 Å². The van der Waals surface area contributed by atoms with Crippen LogP contribution in [0.15, 0.2) is 30.3 Å². The fourth-order valence-corrected chi connectivity index (χ4v) is 2.97. The van der Waals surface area contributed by atoms with Crippen molar-refractivity contribution in [3.63, 3.8) is 0 Å². The Morgan fingerprint density at radius 2 is 1.95 bits per heavy atom. The lowest BCUT2D eigenvalue weighted by Gasteiger charge is -2.32. The van der Waals surface area contributed by atoms with Crippen LogP contribution in [0.2, 0.25) is 0 Å². The highest BCUT2D eigenvalue weighted by Gasteiger charge is 2.41. The monoisotopic (exact) mass is 288 g/mol. The molecule has 2 amide bonds. The molecular weight excluding hydrogens is 264 g/mol. The molecule has 0 spiro atoms. The number of benzene rings is 1. The number of carbonyl (C=O) groups is 2. The van der Waals surface area contributed by atoms with Gasteiger partial charge in [-0.15, -0.1) is 0 Å². The topological polar surface area (TPSA) is 49.4 Å². The molecule has 0 aliphatic carbocycles. The Morgan fingerprint density at radius 1 is 1.29 bits per heavy atom. The zero-order valence-corrected chi connectivity index (χ0v) is 13.0. The molecule has 1 N–H and O–H groups in total. The molecular formula is C17H24N2O2. The minimum absolute atomic E-state index is 0.00926. The van der Waals surface area contributed by atoms with E-state index in [-0.39, 0.29) is 29.8 Å². The van der Waals surface area contributed by atoms with E-state index in [9.17, 15) is 9.59 Å². The largest absolute Gasteiger partial charge is 0.357 e. The number of likely N-dealkylation sites (tertiary alicyclic amines) is 1. The number of hydrogen-bond donors (Lipinski definition) is 1. The van der Waals surface area contributed by atoms with Gasteiger partial charge in [0, 0.05) is 13.0 Å². The summed E-state index contributed by atoms with van der Waals surface area (Å²) in [6.45, 7) is 3.94. The molecule has 1 heterocycles. The van der Waals surface area contributed by atoms with Crippen molar-refractivity contribution in [3.8, 4) is 0 Å². The van der Waals surface area contributed by atoms with E-state index in [4.69, 9.17) is 0 Å². The van der Waals surface area contributed by atoms with E-state index in [1.807, 2.05) is 49.1 Å². The van der Waals surface area contributed by atoms with Crippen molar-refractivity contribution in [2.75, 3.05) is 7.05 Å². The maximum absolute atomic E-state index is 12.7. The van der Waals surface area contributed by atoms with Crippen molar-refractivity contribution in [1.82, 2.24) is 10.2 Å². The first-order valence-electron chi connectivity index (χ1n) is 7.68. The van der Waals surface area contributed by atoms with Gasteiger partial charge in [0.1, 0.15) is 6.04 Å². The number of rotatable bonds is 4. The van der Waals surface area contributed by atoms with E-state index in [2.05, 4.69) is 5.32 Å². The highest BCUT2D eigenvalue weighted by Crippen LogP contribution is 2.37. The number of amides is 2. The molecule has 1 aliphatic heterocycles. The number of carbonyl (C=O) groups excluding carboxylic acids is 2. The van der Waals surface area contributed by atoms with Gasteiger partial charge >= 0.3 is 0 Å². The van der Waals surface area contributed by atoms with Crippen LogP contribution in [0.4, 0.5) is 0 Å². The van der Waals surface area contributed by atoms with Crippen molar-refractivity contribution in [2.24, 2.45) is 5.92 Å². The smallest absolute Gasteiger partial charge is 0.242 e. The molecule has 3 unspecified atom stereocenters. The summed E-state index contributed by atoms with van der Waals surface area (Å²) in [5, 5.41) is 2.69. The minimum atomic E-state index is -0.346. The molecule has 0 saturated carbocycles. The fraction of sp³-hybridized carbons (Fsp3) is 0.529. The predicted octanol–water partition coefficient (Wildman–Crippen LogP) is 2.51. The number of likely N-dealkylation sites (N-methyl/N-ethyl adjacent to an activating group) is 1. The molecule has 21 heavy (non-hydrogen) atoms. The van der Waals surface area contributed by atoms with Gasteiger partial charge < -0.3 is 10.2 Å². The first-order chi connectivity index (χ1) is 10.1. The first-order valence-corrected chi connectivity index (χ1v) is 7.68. The van der Waals surface area contributed by atoms with Crippen LogP contribution in [0, 0.1) is 5.92 Å². The summed E-state index contributed by atoms with van der Waals surface area (Å²) in [6.07, 6.45) is 2.35. The quantitative estimate of drug-likeness (QED) is 0.925. The van der Waals surface area contributed by atoms with E-state index in [1.165, 1.54) is 0 Å². The molecule has 1 fully saturated rings. The summed E-state index contributed by atoms with van der Waals surface area (Å²) < 4.78 is 0. The van der Waals surface area contributed by atoms with Crippen LogP contribution in [0.1, 0.15) is 44.7 Å². The molecule has 1 aromatic carbocycles. The van der Waals surface area contributed by atoms with Gasteiger partial charge in [-0.2, -0.15) is 0 Å². The summed E-state index contributed by atoms with van der Waals surface area (Å²) in [7, 11) is 1.63. The maximum atomic E-state index is 12.7. The maximum Gasteiger partial charge on any atom is 0.242 e. The summed E-state index contributed by atoms with van der Waals surface area (Å²) in [6, 6.07) is 9.66. The Morgan fingerprint density at radius 3 is 2.52 bits per heavy atom. The standard InChI is InChI=1S/C17H24N2O2/c1-4-12(2)17(21)19-14(13-8-6-5-7-9-13)10-11-15(19)16(20)18-3/h5-9,12,14-15H,4,10-11H2,1-3H3,(H,18,20). The van der Waals surface area contributed by atoms with Crippen LogP contribution >= 0.6 is 0 Å². The minimum Gasteiger partial charge on any atom is -0.357 e. The third-order valence-electron chi connectivity index (χ3n) is 4.41. The molecule has 1 aromatic rings. The van der Waals surface area contributed by atoms with Crippen LogP contribution in [-0.4, -0.2) is 29.8 Å². The first kappa shape index (κ1) is 15.5. The molecule has 4 heteroatoms. The van der Waals surface area contributed by atoms with E-state index in [0.29, 0.717) is 0 Å². The van der Waals surface area contributed by atoms with Gasteiger partial charge in [-0.1, -0.05) is 44.2 Å². The second kappa shape index (κ2) is 6.74. The van der Waals surface area contributed by atoms with Crippen LogP contribution in [0.25, 0.3) is 0 Å². The number of nitrogens with one attached hydrogen (secondary N) is 1. The lowest BCUT2D eigenvalue weighted by Crippen LogP contribution is -2.47. The average molecular weight is 288 g/mol. The lowest BCUT2D eigenvalue weighted by molar-refractivity contribution is -0.143. The van der Waals surface area contributed by atoms with Gasteiger partial charge in [0.05, 0.1) is 6.04 Å². The second-order valence-corrected chi connectivity index (χ2v) is 5.69. The van der Waals surface area contributed by atoms with Crippen molar-refractivity contribution < 1.29 is 9.59 Å². The van der Waals surface area contributed by atoms with Gasteiger partial charge in [0.2, 0.25) is 11.8 Å². The fourth-order valence-electron chi connectivity index (χ4n) is 2.97. The van der Waals surface area contributed by atoms with Gasteiger partial charge in [0.15, 0.2) is 0 Å². The summed E-state index contributed by atoms with van der Waals surface area (Å²) in [5.41, 5.74) is 1.11. The Balaban J connectivity index is 2.32. The van der Waals surface area contributed by atoms with Crippen LogP contribution in [-0.2, 0) is 9.59 Å². The Hall–Kier alpha value is -1.84. The highest BCUT2D eigenvalue weighted by atomic mass is 16.2. The molecule has 0 aromatic heterocycles. The van der Waals surface area contributed by atoms with Crippen LogP contribution in [0.5, 0.6) is 0 Å². The highest BCUT2D eigenvalue weighted by molar-refractivity contribution is 5.89. The molecule has 0 radical (unpaired) electrons. The third-order valence-corrected chi connectivity index (χ3v) is 4.41. The van der Waals surface area contributed by atoms with Gasteiger partial charge in [-0.05, 0) is 24.8 Å². The zero-order valence-electron chi connectivity index (χ0n) is 13.0. The third kappa shape index (κ3) is 3.09. The average Bonchev–Trinajstić information content (AvgIpc) is 2.98. The Kier molecular flexibility index (Phi) is 4.99. The Labute approximate surface area is 126 Å². The van der Waals surface area contributed by atoms with Crippen molar-refractivity contribution in [2.45, 2.75) is 45.2 Å². The normalized spacial score (nSPS) is 22.9. The molecule has 4 nitrogen and oxygen atoms in total. The molecule has 3 atom stereocenters. The van der Waals surface area contributed by atoms with Crippen molar-refractivity contribution in [1.29, 1.82) is 0 Å². The number of nitrogens with zero attached hydrogens (tertiary/aromatic N) is 1. The van der Waals surface area contributed by atoms with Crippen molar-refractivity contribution in [3.05, 3.63) is 35.9 Å². The SMILES string of the molecule is CCC(C)C(=O)N1C(C(=O)NC)CCC1c1ccccc1. The molecule has 1 saturated heterocycles. The van der Waals surface area contributed by atoms with E-state index < -0.39 is 0 Å². The van der Waals surface area contributed by atoms with Gasteiger partial charge in [-0.25, -0.2) is 0 Å². The Bertz CT molecular complexity index is 501. The summed E-state index contributed by atoms with van der Waals surface area (Å²) in [4.78, 5) is 26.7. The zero-order chi connectivity index (χ0) is 15.4. The molecule has 2 rings (SSSR count). The summed E-state index contributed by atoms with van der Waals surface area (Å²) >= 11 is 0. The van der Waals surface area contributed by atoms with Crippen LogP contribution in [0.3, 0.4) is 0 Å².